The monoisotopic (exact) mass is 342 g/mol. The lowest BCUT2D eigenvalue weighted by molar-refractivity contribution is -0.0848. The highest BCUT2D eigenvalue weighted by molar-refractivity contribution is 5.86. The number of rotatable bonds is 3. The van der Waals surface area contributed by atoms with Gasteiger partial charge in [-0.15, -0.1) is 0 Å². The summed E-state index contributed by atoms with van der Waals surface area (Å²) in [5.41, 5.74) is 6.91. The van der Waals surface area contributed by atoms with E-state index in [1.165, 1.54) is 6.33 Å². The molecule has 3 heterocycles. The normalized spacial score (nSPS) is 27.6. The Morgan fingerprint density at radius 3 is 2.60 bits per heavy atom. The second-order valence-corrected chi connectivity index (χ2v) is 6.05. The maximum Gasteiger partial charge on any atom is 0.164 e. The van der Waals surface area contributed by atoms with Crippen LogP contribution in [0.5, 0.6) is 0 Å². The molecule has 1 saturated heterocycles. The number of aliphatic hydroxyl groups is 3. The van der Waals surface area contributed by atoms with E-state index in [2.05, 4.69) is 9.97 Å². The molecule has 2 aromatic heterocycles. The number of hydrogen-bond acceptors (Lipinski definition) is 7. The largest absolute Gasteiger partial charge is 0.387 e. The van der Waals surface area contributed by atoms with Crippen LogP contribution in [-0.2, 0) is 4.74 Å². The van der Waals surface area contributed by atoms with Crippen LogP contribution in [0.3, 0.4) is 0 Å². The summed E-state index contributed by atoms with van der Waals surface area (Å²) in [4.78, 5) is 8.10. The van der Waals surface area contributed by atoms with Gasteiger partial charge in [0.2, 0.25) is 0 Å². The quantitative estimate of drug-likeness (QED) is 0.541. The molecule has 5 N–H and O–H groups in total. The van der Waals surface area contributed by atoms with Crippen molar-refractivity contribution in [1.82, 2.24) is 14.5 Å². The van der Waals surface area contributed by atoms with Crippen LogP contribution in [0.1, 0.15) is 17.9 Å². The van der Waals surface area contributed by atoms with Crippen LogP contribution in [-0.4, -0.2) is 48.2 Å². The van der Waals surface area contributed by atoms with E-state index in [9.17, 15) is 15.3 Å². The van der Waals surface area contributed by atoms with E-state index >= 15 is 0 Å². The Bertz CT molecular complexity index is 885. The van der Waals surface area contributed by atoms with Crippen molar-refractivity contribution in [2.75, 3.05) is 5.73 Å². The summed E-state index contributed by atoms with van der Waals surface area (Å²) >= 11 is 0. The van der Waals surface area contributed by atoms with Crippen molar-refractivity contribution in [1.29, 1.82) is 0 Å². The smallest absolute Gasteiger partial charge is 0.164 e. The maximum absolute atomic E-state index is 10.5. The number of aliphatic hydroxyl groups excluding tert-OH is 3. The first-order valence-corrected chi connectivity index (χ1v) is 7.89. The van der Waals surface area contributed by atoms with E-state index < -0.39 is 30.6 Å². The molecule has 0 unspecified atom stereocenters. The molecular formula is C17H18N4O4. The third-order valence-electron chi connectivity index (χ3n) is 4.54. The molecule has 1 aliphatic heterocycles. The van der Waals surface area contributed by atoms with Gasteiger partial charge < -0.3 is 30.4 Å². The van der Waals surface area contributed by atoms with Gasteiger partial charge in [0.05, 0.1) is 5.39 Å². The summed E-state index contributed by atoms with van der Waals surface area (Å²) in [6.07, 6.45) is -2.44. The standard InChI is InChI=1S/C17H18N4O4/c18-15-10-6-7-21(16(10)20-8-19-15)17-13(24)12(23)14(25-17)11(22)9-4-2-1-3-5-9/h1-8,11-14,17,22-24H,(H2,18,19,20)/t11-,12-,13+,14+,17+/m1/s1. The molecule has 130 valence electrons. The van der Waals surface area contributed by atoms with Crippen molar-refractivity contribution in [2.24, 2.45) is 0 Å². The first kappa shape index (κ1) is 16.0. The summed E-state index contributed by atoms with van der Waals surface area (Å²) < 4.78 is 7.39. The molecule has 8 nitrogen and oxygen atoms in total. The average Bonchev–Trinajstić information content (AvgIpc) is 3.18. The molecule has 1 aliphatic rings. The van der Waals surface area contributed by atoms with Gasteiger partial charge in [-0.25, -0.2) is 9.97 Å². The fraction of sp³-hybridized carbons (Fsp3) is 0.294. The Balaban J connectivity index is 1.67. The molecule has 0 radical (unpaired) electrons. The summed E-state index contributed by atoms with van der Waals surface area (Å²) in [7, 11) is 0. The number of benzene rings is 1. The highest BCUT2D eigenvalue weighted by Crippen LogP contribution is 2.37. The molecule has 0 bridgehead atoms. The molecule has 5 atom stereocenters. The second kappa shape index (κ2) is 6.08. The molecule has 0 amide bonds. The third-order valence-corrected chi connectivity index (χ3v) is 4.54. The molecule has 1 fully saturated rings. The van der Waals surface area contributed by atoms with Crippen molar-refractivity contribution < 1.29 is 20.1 Å². The Morgan fingerprint density at radius 1 is 1.08 bits per heavy atom. The minimum atomic E-state index is -1.25. The number of nitrogen functional groups attached to an aromatic ring is 1. The Kier molecular flexibility index (Phi) is 3.89. The van der Waals surface area contributed by atoms with Crippen molar-refractivity contribution >= 4 is 16.9 Å². The first-order chi connectivity index (χ1) is 12.1. The van der Waals surface area contributed by atoms with Crippen LogP contribution < -0.4 is 5.73 Å². The molecule has 3 aromatic rings. The molecule has 8 heteroatoms. The zero-order valence-corrected chi connectivity index (χ0v) is 13.2. The summed E-state index contributed by atoms with van der Waals surface area (Å²) in [6, 6.07) is 10.6. The number of anilines is 1. The van der Waals surface area contributed by atoms with Gasteiger partial charge in [-0.2, -0.15) is 0 Å². The summed E-state index contributed by atoms with van der Waals surface area (Å²) in [5, 5.41) is 32.0. The molecular weight excluding hydrogens is 324 g/mol. The highest BCUT2D eigenvalue weighted by atomic mass is 16.6. The van der Waals surface area contributed by atoms with Crippen LogP contribution >= 0.6 is 0 Å². The van der Waals surface area contributed by atoms with E-state index in [0.717, 1.165) is 0 Å². The number of nitrogens with zero attached hydrogens (tertiary/aromatic N) is 3. The Morgan fingerprint density at radius 2 is 1.84 bits per heavy atom. The molecule has 0 spiro atoms. The number of aromatic nitrogens is 3. The van der Waals surface area contributed by atoms with Gasteiger partial charge in [0.15, 0.2) is 6.23 Å². The topological polar surface area (TPSA) is 127 Å². The van der Waals surface area contributed by atoms with Crippen molar-refractivity contribution in [3.8, 4) is 0 Å². The lowest BCUT2D eigenvalue weighted by Gasteiger charge is -2.21. The van der Waals surface area contributed by atoms with E-state index in [4.69, 9.17) is 10.5 Å². The van der Waals surface area contributed by atoms with Gasteiger partial charge in [-0.05, 0) is 11.6 Å². The van der Waals surface area contributed by atoms with E-state index in [1.807, 2.05) is 6.07 Å². The van der Waals surface area contributed by atoms with Crippen LogP contribution in [0, 0.1) is 0 Å². The van der Waals surface area contributed by atoms with E-state index in [-0.39, 0.29) is 0 Å². The van der Waals surface area contributed by atoms with E-state index in [1.54, 1.807) is 41.1 Å². The first-order valence-electron chi connectivity index (χ1n) is 7.89. The van der Waals surface area contributed by atoms with Crippen molar-refractivity contribution in [3.63, 3.8) is 0 Å². The van der Waals surface area contributed by atoms with Crippen molar-refractivity contribution in [2.45, 2.75) is 30.6 Å². The Hall–Kier alpha value is -2.52. The van der Waals surface area contributed by atoms with Gasteiger partial charge in [0.25, 0.3) is 0 Å². The highest BCUT2D eigenvalue weighted by Gasteiger charge is 2.47. The number of fused-ring (bicyclic) bond motifs is 1. The lowest BCUT2D eigenvalue weighted by Crippen LogP contribution is -2.34. The number of ether oxygens (including phenoxy) is 1. The van der Waals surface area contributed by atoms with Crippen LogP contribution in [0.4, 0.5) is 5.82 Å². The average molecular weight is 342 g/mol. The van der Waals surface area contributed by atoms with Crippen molar-refractivity contribution in [3.05, 3.63) is 54.5 Å². The molecule has 0 saturated carbocycles. The van der Waals surface area contributed by atoms with E-state index in [0.29, 0.717) is 22.4 Å². The zero-order valence-electron chi connectivity index (χ0n) is 13.2. The molecule has 4 rings (SSSR count). The Labute approximate surface area is 143 Å². The fourth-order valence-corrected chi connectivity index (χ4v) is 3.21. The predicted molar refractivity (Wildman–Crippen MR) is 89.3 cm³/mol. The SMILES string of the molecule is Nc1ncnc2c1ccn2[C@H]1O[C@@H]([C@H](O)c2ccccc2)[C@H](O)[C@@H]1O. The van der Waals surface area contributed by atoms with Gasteiger partial charge >= 0.3 is 0 Å². The van der Waals surface area contributed by atoms with Crippen LogP contribution in [0.15, 0.2) is 48.9 Å². The number of hydrogen-bond donors (Lipinski definition) is 4. The predicted octanol–water partition coefficient (Wildman–Crippen LogP) is 0.366. The van der Waals surface area contributed by atoms with Crippen LogP contribution in [0.25, 0.3) is 11.0 Å². The minimum absolute atomic E-state index is 0.317. The van der Waals surface area contributed by atoms with Gasteiger partial charge in [0, 0.05) is 6.20 Å². The zero-order chi connectivity index (χ0) is 17.6. The lowest BCUT2D eigenvalue weighted by atomic mass is 9.99. The molecule has 0 aliphatic carbocycles. The number of nitrogens with two attached hydrogens (primary N) is 1. The van der Waals surface area contributed by atoms with Gasteiger partial charge in [0.1, 0.15) is 42.2 Å². The third kappa shape index (κ3) is 2.56. The maximum atomic E-state index is 10.5. The molecule has 1 aromatic carbocycles. The summed E-state index contributed by atoms with van der Waals surface area (Å²) in [6.45, 7) is 0. The second-order valence-electron chi connectivity index (χ2n) is 6.05. The fourth-order valence-electron chi connectivity index (χ4n) is 3.21. The summed E-state index contributed by atoms with van der Waals surface area (Å²) in [5.74, 6) is 0.317. The van der Waals surface area contributed by atoms with Gasteiger partial charge in [-0.1, -0.05) is 30.3 Å². The van der Waals surface area contributed by atoms with Gasteiger partial charge in [-0.3, -0.25) is 0 Å². The van der Waals surface area contributed by atoms with Crippen LogP contribution in [0.2, 0.25) is 0 Å². The molecule has 25 heavy (non-hydrogen) atoms. The minimum Gasteiger partial charge on any atom is -0.387 e.